The van der Waals surface area contributed by atoms with Crippen LogP contribution in [0.4, 0.5) is 0 Å². The lowest BCUT2D eigenvalue weighted by atomic mass is 10.00. The average Bonchev–Trinajstić information content (AvgIpc) is 2.68. The van der Waals surface area contributed by atoms with Gasteiger partial charge in [-0.15, -0.1) is 0 Å². The number of aliphatic hydroxyl groups excluding tert-OH is 1. The lowest BCUT2D eigenvalue weighted by molar-refractivity contribution is 0.0830. The lowest BCUT2D eigenvalue weighted by Gasteiger charge is -2.18. The summed E-state index contributed by atoms with van der Waals surface area (Å²) in [5.41, 5.74) is 0. The maximum Gasteiger partial charge on any atom is 0.255 e. The fraction of sp³-hybridized carbons (Fsp3) is 0.778. The van der Waals surface area contributed by atoms with Crippen LogP contribution < -0.4 is 0 Å². The molecule has 1 fully saturated rings. The second-order valence-electron chi connectivity index (χ2n) is 3.55. The largest absolute Gasteiger partial charge is 0.384 e. The Kier molecular flexibility index (Phi) is 2.79. The van der Waals surface area contributed by atoms with Gasteiger partial charge in [-0.25, -0.2) is 0 Å². The Balaban J connectivity index is 2.07. The second kappa shape index (κ2) is 4.06. The number of rotatable bonds is 2. The average molecular weight is 198 g/mol. The summed E-state index contributed by atoms with van der Waals surface area (Å²) in [5.74, 6) is 1.32. The highest BCUT2D eigenvalue weighted by Crippen LogP contribution is 2.25. The highest BCUT2D eigenvalue weighted by atomic mass is 16.5. The Morgan fingerprint density at radius 2 is 2.14 bits per heavy atom. The first-order valence-electron chi connectivity index (χ1n) is 4.86. The minimum atomic E-state index is -0.684. The van der Waals surface area contributed by atoms with Crippen molar-refractivity contribution < 1.29 is 14.4 Å². The van der Waals surface area contributed by atoms with Gasteiger partial charge in [0, 0.05) is 19.1 Å². The SMILES string of the molecule is CC(O)c1nc(C2CCOCC2)no1. The minimum absolute atomic E-state index is 0.298. The highest BCUT2D eigenvalue weighted by molar-refractivity contribution is 4.97. The van der Waals surface area contributed by atoms with E-state index in [2.05, 4.69) is 10.1 Å². The molecule has 1 aliphatic rings. The monoisotopic (exact) mass is 198 g/mol. The predicted octanol–water partition coefficient (Wildman–Crippen LogP) is 1.02. The maximum atomic E-state index is 9.21. The molecule has 1 aromatic heterocycles. The first-order chi connectivity index (χ1) is 6.77. The van der Waals surface area contributed by atoms with Crippen molar-refractivity contribution in [1.29, 1.82) is 0 Å². The van der Waals surface area contributed by atoms with Crippen LogP contribution in [-0.2, 0) is 4.74 Å². The minimum Gasteiger partial charge on any atom is -0.384 e. The summed E-state index contributed by atoms with van der Waals surface area (Å²) in [4.78, 5) is 4.15. The van der Waals surface area contributed by atoms with Crippen molar-refractivity contribution in [3.05, 3.63) is 11.7 Å². The molecule has 1 unspecified atom stereocenters. The van der Waals surface area contributed by atoms with Crippen LogP contribution in [0.3, 0.4) is 0 Å². The number of aromatic nitrogens is 2. The molecule has 2 heterocycles. The summed E-state index contributed by atoms with van der Waals surface area (Å²) in [6.45, 7) is 3.12. The molecule has 1 N–H and O–H groups in total. The fourth-order valence-electron chi connectivity index (χ4n) is 1.54. The van der Waals surface area contributed by atoms with E-state index in [-0.39, 0.29) is 0 Å². The van der Waals surface area contributed by atoms with Gasteiger partial charge in [0.15, 0.2) is 5.82 Å². The van der Waals surface area contributed by atoms with Crippen molar-refractivity contribution in [3.63, 3.8) is 0 Å². The van der Waals surface area contributed by atoms with Gasteiger partial charge in [-0.2, -0.15) is 4.98 Å². The van der Waals surface area contributed by atoms with Crippen molar-refractivity contribution in [3.8, 4) is 0 Å². The smallest absolute Gasteiger partial charge is 0.255 e. The van der Waals surface area contributed by atoms with Crippen molar-refractivity contribution in [2.24, 2.45) is 0 Å². The van der Waals surface area contributed by atoms with E-state index in [0.29, 0.717) is 17.6 Å². The predicted molar refractivity (Wildman–Crippen MR) is 47.7 cm³/mol. The molecule has 1 atom stereocenters. The molecule has 0 bridgehead atoms. The van der Waals surface area contributed by atoms with Crippen molar-refractivity contribution in [2.75, 3.05) is 13.2 Å². The van der Waals surface area contributed by atoms with Crippen molar-refractivity contribution in [1.82, 2.24) is 10.1 Å². The molecule has 0 aliphatic carbocycles. The van der Waals surface area contributed by atoms with Gasteiger partial charge in [-0.05, 0) is 19.8 Å². The third-order valence-corrected chi connectivity index (χ3v) is 2.40. The van der Waals surface area contributed by atoms with Crippen LogP contribution in [0, 0.1) is 0 Å². The zero-order valence-corrected chi connectivity index (χ0v) is 8.14. The topological polar surface area (TPSA) is 68.4 Å². The van der Waals surface area contributed by atoms with E-state index in [1.165, 1.54) is 0 Å². The Morgan fingerprint density at radius 1 is 1.43 bits per heavy atom. The van der Waals surface area contributed by atoms with Gasteiger partial charge in [-0.1, -0.05) is 5.16 Å². The number of ether oxygens (including phenoxy) is 1. The molecule has 5 heteroatoms. The summed E-state index contributed by atoms with van der Waals surface area (Å²) in [5, 5.41) is 13.1. The third kappa shape index (κ3) is 1.93. The van der Waals surface area contributed by atoms with Crippen molar-refractivity contribution >= 4 is 0 Å². The molecule has 1 saturated heterocycles. The van der Waals surface area contributed by atoms with Crippen LogP contribution in [0.2, 0.25) is 0 Å². The summed E-state index contributed by atoms with van der Waals surface area (Å²) in [6.07, 6.45) is 1.17. The van der Waals surface area contributed by atoms with Crippen LogP contribution in [0.25, 0.3) is 0 Å². The summed E-state index contributed by atoms with van der Waals surface area (Å²) in [6, 6.07) is 0. The number of hydrogen-bond acceptors (Lipinski definition) is 5. The standard InChI is InChI=1S/C9H14N2O3/c1-6(12)9-10-8(11-14-9)7-2-4-13-5-3-7/h6-7,12H,2-5H2,1H3. The number of aliphatic hydroxyl groups is 1. The molecule has 1 aromatic rings. The summed E-state index contributed by atoms with van der Waals surface area (Å²) in [7, 11) is 0. The molecule has 0 amide bonds. The Hall–Kier alpha value is -0.940. The molecule has 0 saturated carbocycles. The van der Waals surface area contributed by atoms with Gasteiger partial charge in [-0.3, -0.25) is 0 Å². The molecule has 14 heavy (non-hydrogen) atoms. The molecule has 0 aromatic carbocycles. The van der Waals surface area contributed by atoms with Crippen LogP contribution in [0.15, 0.2) is 4.52 Å². The van der Waals surface area contributed by atoms with Gasteiger partial charge in [0.2, 0.25) is 0 Å². The molecular formula is C9H14N2O3. The van der Waals surface area contributed by atoms with Gasteiger partial charge >= 0.3 is 0 Å². The molecule has 78 valence electrons. The van der Waals surface area contributed by atoms with E-state index in [9.17, 15) is 5.11 Å². The number of hydrogen-bond donors (Lipinski definition) is 1. The Labute approximate surface area is 82.1 Å². The first kappa shape index (κ1) is 9.61. The van der Waals surface area contributed by atoms with Crippen LogP contribution >= 0.6 is 0 Å². The first-order valence-corrected chi connectivity index (χ1v) is 4.86. The highest BCUT2D eigenvalue weighted by Gasteiger charge is 2.22. The van der Waals surface area contributed by atoms with E-state index in [1.807, 2.05) is 0 Å². The molecule has 2 rings (SSSR count). The van der Waals surface area contributed by atoms with E-state index < -0.39 is 6.10 Å². The molecule has 5 nitrogen and oxygen atoms in total. The second-order valence-corrected chi connectivity index (χ2v) is 3.55. The van der Waals surface area contributed by atoms with Crippen molar-refractivity contribution in [2.45, 2.75) is 31.8 Å². The van der Waals surface area contributed by atoms with E-state index >= 15 is 0 Å². The van der Waals surface area contributed by atoms with E-state index in [1.54, 1.807) is 6.92 Å². The molecule has 0 spiro atoms. The van der Waals surface area contributed by atoms with Crippen LogP contribution in [0.5, 0.6) is 0 Å². The zero-order valence-electron chi connectivity index (χ0n) is 8.14. The maximum absolute atomic E-state index is 9.21. The fourth-order valence-corrected chi connectivity index (χ4v) is 1.54. The van der Waals surface area contributed by atoms with Gasteiger partial charge in [0.1, 0.15) is 6.10 Å². The Morgan fingerprint density at radius 3 is 2.71 bits per heavy atom. The van der Waals surface area contributed by atoms with E-state index in [0.717, 1.165) is 26.1 Å². The van der Waals surface area contributed by atoms with Gasteiger partial charge in [0.05, 0.1) is 0 Å². The van der Waals surface area contributed by atoms with E-state index in [4.69, 9.17) is 9.26 Å². The molecular weight excluding hydrogens is 184 g/mol. The normalized spacial score (nSPS) is 21.0. The number of nitrogens with zero attached hydrogens (tertiary/aromatic N) is 2. The zero-order chi connectivity index (χ0) is 9.97. The molecule has 0 radical (unpaired) electrons. The van der Waals surface area contributed by atoms with Crippen LogP contribution in [-0.4, -0.2) is 28.5 Å². The summed E-state index contributed by atoms with van der Waals surface area (Å²) < 4.78 is 10.2. The lowest BCUT2D eigenvalue weighted by Crippen LogP contribution is -2.15. The Bertz CT molecular complexity index is 292. The molecule has 1 aliphatic heterocycles. The van der Waals surface area contributed by atoms with Gasteiger partial charge < -0.3 is 14.4 Å². The quantitative estimate of drug-likeness (QED) is 0.768. The third-order valence-electron chi connectivity index (χ3n) is 2.40. The van der Waals surface area contributed by atoms with Crippen LogP contribution in [0.1, 0.15) is 43.5 Å². The summed E-state index contributed by atoms with van der Waals surface area (Å²) >= 11 is 0. The van der Waals surface area contributed by atoms with Gasteiger partial charge in [0.25, 0.3) is 5.89 Å².